The second kappa shape index (κ2) is 5.67. The monoisotopic (exact) mass is 268 g/mol. The number of aryl methyl sites for hydroxylation is 1. The van der Waals surface area contributed by atoms with Gasteiger partial charge in [-0.15, -0.1) is 0 Å². The van der Waals surface area contributed by atoms with Crippen LogP contribution in [0.4, 0.5) is 0 Å². The zero-order valence-electron chi connectivity index (χ0n) is 10.6. The third-order valence-corrected chi connectivity index (χ3v) is 3.42. The summed E-state index contributed by atoms with van der Waals surface area (Å²) in [6.07, 6.45) is 1.78. The number of carbonyl (C=O) groups excluding carboxylic acids is 1. The van der Waals surface area contributed by atoms with E-state index in [-0.39, 0.29) is 11.9 Å². The molecule has 1 aromatic heterocycles. The lowest BCUT2D eigenvalue weighted by Crippen LogP contribution is -2.40. The van der Waals surface area contributed by atoms with Gasteiger partial charge in [0.05, 0.1) is 0 Å². The molecule has 0 aliphatic carbocycles. The lowest BCUT2D eigenvalue weighted by molar-refractivity contribution is 0.0362. The lowest BCUT2D eigenvalue weighted by Gasteiger charge is -2.31. The Morgan fingerprint density at radius 3 is 2.72 bits per heavy atom. The molecule has 0 unspecified atom stereocenters. The highest BCUT2D eigenvalue weighted by Crippen LogP contribution is 2.17. The second-order valence-electron chi connectivity index (χ2n) is 4.58. The molecular formula is C13H17ClN2O2. The van der Waals surface area contributed by atoms with Crippen molar-refractivity contribution in [2.45, 2.75) is 25.8 Å². The number of hydrogen-bond donors (Lipinski definition) is 0. The van der Waals surface area contributed by atoms with Crippen molar-refractivity contribution in [1.29, 1.82) is 0 Å². The summed E-state index contributed by atoms with van der Waals surface area (Å²) in [5.41, 5.74) is 1.35. The number of rotatable bonds is 2. The van der Waals surface area contributed by atoms with Crippen LogP contribution in [-0.4, -0.2) is 42.1 Å². The molecule has 1 aromatic rings. The zero-order valence-corrected chi connectivity index (χ0v) is 11.4. The maximum absolute atomic E-state index is 12.3. The fourth-order valence-corrected chi connectivity index (χ4v) is 2.44. The van der Waals surface area contributed by atoms with Gasteiger partial charge in [0, 0.05) is 37.6 Å². The minimum atomic E-state index is -0.00528. The third kappa shape index (κ3) is 3.00. The van der Waals surface area contributed by atoms with Crippen LogP contribution in [0.25, 0.3) is 0 Å². The number of pyridine rings is 1. The van der Waals surface area contributed by atoms with Crippen LogP contribution < -0.4 is 0 Å². The summed E-state index contributed by atoms with van der Waals surface area (Å²) in [7, 11) is 1.84. The van der Waals surface area contributed by atoms with E-state index < -0.39 is 0 Å². The fourth-order valence-electron chi connectivity index (χ4n) is 2.19. The van der Waals surface area contributed by atoms with Gasteiger partial charge >= 0.3 is 0 Å². The first-order chi connectivity index (χ1) is 8.58. The Bertz CT molecular complexity index is 424. The summed E-state index contributed by atoms with van der Waals surface area (Å²) in [6.45, 7) is 3.27. The molecule has 0 N–H and O–H groups in total. The van der Waals surface area contributed by atoms with Gasteiger partial charge < -0.3 is 9.64 Å². The molecule has 1 aliphatic rings. The van der Waals surface area contributed by atoms with E-state index in [1.54, 1.807) is 17.0 Å². The summed E-state index contributed by atoms with van der Waals surface area (Å²) in [6, 6.07) is 3.63. The van der Waals surface area contributed by atoms with Crippen LogP contribution in [0, 0.1) is 6.92 Å². The number of hydrogen-bond acceptors (Lipinski definition) is 3. The second-order valence-corrected chi connectivity index (χ2v) is 4.97. The Balaban J connectivity index is 2.14. The first-order valence-electron chi connectivity index (χ1n) is 6.07. The number of ether oxygens (including phenoxy) is 1. The van der Waals surface area contributed by atoms with Gasteiger partial charge in [0.1, 0.15) is 5.15 Å². The van der Waals surface area contributed by atoms with Gasteiger partial charge in [0.15, 0.2) is 0 Å². The van der Waals surface area contributed by atoms with Gasteiger partial charge in [-0.25, -0.2) is 4.98 Å². The van der Waals surface area contributed by atoms with Crippen LogP contribution in [0.3, 0.4) is 0 Å². The molecule has 18 heavy (non-hydrogen) atoms. The first-order valence-corrected chi connectivity index (χ1v) is 6.45. The van der Waals surface area contributed by atoms with Crippen molar-refractivity contribution in [3.05, 3.63) is 28.5 Å². The van der Waals surface area contributed by atoms with E-state index in [0.717, 1.165) is 31.7 Å². The van der Waals surface area contributed by atoms with Crippen molar-refractivity contribution in [3.63, 3.8) is 0 Å². The van der Waals surface area contributed by atoms with Crippen molar-refractivity contribution < 1.29 is 9.53 Å². The van der Waals surface area contributed by atoms with Crippen molar-refractivity contribution in [1.82, 2.24) is 9.88 Å². The van der Waals surface area contributed by atoms with E-state index in [1.807, 2.05) is 14.0 Å². The summed E-state index contributed by atoms with van der Waals surface area (Å²) in [5.74, 6) is -0.00528. The van der Waals surface area contributed by atoms with E-state index >= 15 is 0 Å². The zero-order chi connectivity index (χ0) is 13.1. The van der Waals surface area contributed by atoms with Crippen molar-refractivity contribution in [2.24, 2.45) is 0 Å². The molecule has 0 atom stereocenters. The van der Waals surface area contributed by atoms with Crippen LogP contribution in [0.1, 0.15) is 28.9 Å². The number of aromatic nitrogens is 1. The summed E-state index contributed by atoms with van der Waals surface area (Å²) < 4.78 is 5.30. The molecule has 1 aliphatic heterocycles. The summed E-state index contributed by atoms with van der Waals surface area (Å²) in [4.78, 5) is 18.2. The average Bonchev–Trinajstić information content (AvgIpc) is 2.37. The minimum Gasteiger partial charge on any atom is -0.381 e. The normalized spacial score (nSPS) is 16.6. The Morgan fingerprint density at radius 2 is 2.11 bits per heavy atom. The van der Waals surface area contributed by atoms with Gasteiger partial charge in [-0.3, -0.25) is 4.79 Å². The highest BCUT2D eigenvalue weighted by atomic mass is 35.5. The van der Waals surface area contributed by atoms with E-state index in [9.17, 15) is 4.79 Å². The topological polar surface area (TPSA) is 42.4 Å². The van der Waals surface area contributed by atoms with E-state index in [4.69, 9.17) is 16.3 Å². The summed E-state index contributed by atoms with van der Waals surface area (Å²) in [5, 5.41) is 0.360. The van der Waals surface area contributed by atoms with Crippen LogP contribution >= 0.6 is 11.6 Å². The largest absolute Gasteiger partial charge is 0.381 e. The molecule has 4 nitrogen and oxygen atoms in total. The van der Waals surface area contributed by atoms with Crippen molar-refractivity contribution >= 4 is 17.5 Å². The van der Waals surface area contributed by atoms with Crippen molar-refractivity contribution in [2.75, 3.05) is 20.3 Å². The lowest BCUT2D eigenvalue weighted by atomic mass is 10.1. The summed E-state index contributed by atoms with van der Waals surface area (Å²) >= 11 is 5.88. The molecule has 0 radical (unpaired) electrons. The molecule has 0 aromatic carbocycles. The van der Waals surface area contributed by atoms with E-state index in [0.29, 0.717) is 10.7 Å². The van der Waals surface area contributed by atoms with E-state index in [1.165, 1.54) is 0 Å². The minimum absolute atomic E-state index is 0.00528. The molecule has 1 saturated heterocycles. The van der Waals surface area contributed by atoms with Gasteiger partial charge in [0.25, 0.3) is 5.91 Å². The molecule has 98 valence electrons. The Kier molecular flexibility index (Phi) is 4.19. The fraction of sp³-hybridized carbons (Fsp3) is 0.538. The maximum atomic E-state index is 12.3. The molecular weight excluding hydrogens is 252 g/mol. The van der Waals surface area contributed by atoms with Gasteiger partial charge in [-0.1, -0.05) is 11.6 Å². The maximum Gasteiger partial charge on any atom is 0.254 e. The first kappa shape index (κ1) is 13.3. The SMILES string of the molecule is Cc1cc(C(=O)N(C)C2CCOCC2)cc(Cl)n1. The third-order valence-electron chi connectivity index (χ3n) is 3.23. The van der Waals surface area contributed by atoms with Crippen LogP contribution in [0.15, 0.2) is 12.1 Å². The Hall–Kier alpha value is -1.13. The quantitative estimate of drug-likeness (QED) is 0.773. The molecule has 0 bridgehead atoms. The predicted molar refractivity (Wildman–Crippen MR) is 69.9 cm³/mol. The van der Waals surface area contributed by atoms with Crippen molar-refractivity contribution in [3.8, 4) is 0 Å². The standard InChI is InChI=1S/C13H17ClN2O2/c1-9-7-10(8-12(14)15-9)13(17)16(2)11-3-5-18-6-4-11/h7-8,11H,3-6H2,1-2H3. The highest BCUT2D eigenvalue weighted by molar-refractivity contribution is 6.29. The molecule has 5 heteroatoms. The highest BCUT2D eigenvalue weighted by Gasteiger charge is 2.23. The number of halogens is 1. The van der Waals surface area contributed by atoms with Gasteiger partial charge in [0.2, 0.25) is 0 Å². The number of amides is 1. The number of carbonyl (C=O) groups is 1. The van der Waals surface area contributed by atoms with Crippen LogP contribution in [0.5, 0.6) is 0 Å². The smallest absolute Gasteiger partial charge is 0.254 e. The Labute approximate surface area is 112 Å². The molecule has 1 amide bonds. The Morgan fingerprint density at radius 1 is 1.44 bits per heavy atom. The molecule has 2 heterocycles. The molecule has 0 spiro atoms. The molecule has 0 saturated carbocycles. The van der Waals surface area contributed by atoms with Crippen LogP contribution in [-0.2, 0) is 4.74 Å². The number of nitrogens with zero attached hydrogens (tertiary/aromatic N) is 2. The predicted octanol–water partition coefficient (Wildman–Crippen LogP) is 2.29. The van der Waals surface area contributed by atoms with Crippen LogP contribution in [0.2, 0.25) is 5.15 Å². The van der Waals surface area contributed by atoms with Gasteiger partial charge in [-0.2, -0.15) is 0 Å². The van der Waals surface area contributed by atoms with Gasteiger partial charge in [-0.05, 0) is 31.9 Å². The average molecular weight is 269 g/mol. The molecule has 2 rings (SSSR count). The molecule has 1 fully saturated rings. The van der Waals surface area contributed by atoms with E-state index in [2.05, 4.69) is 4.98 Å².